The summed E-state index contributed by atoms with van der Waals surface area (Å²) in [7, 11) is 0. The average molecular weight is 558 g/mol. The first kappa shape index (κ1) is 27.2. The quantitative estimate of drug-likeness (QED) is 0.171. The molecule has 40 heavy (non-hydrogen) atoms. The molecule has 10 nitrogen and oxygen atoms in total. The van der Waals surface area contributed by atoms with Gasteiger partial charge in [0.15, 0.2) is 5.11 Å². The van der Waals surface area contributed by atoms with Gasteiger partial charge < -0.3 is 10.2 Å². The van der Waals surface area contributed by atoms with E-state index in [0.29, 0.717) is 22.8 Å². The smallest absolute Gasteiger partial charge is 0.293 e. The third-order valence-electron chi connectivity index (χ3n) is 7.12. The van der Waals surface area contributed by atoms with Gasteiger partial charge in [0, 0.05) is 30.4 Å². The highest BCUT2D eigenvalue weighted by Gasteiger charge is 2.23. The lowest BCUT2D eigenvalue weighted by atomic mass is 10.0. The minimum absolute atomic E-state index is 0.0758. The number of carbonyl (C=O) groups excluding carboxylic acids is 1. The van der Waals surface area contributed by atoms with Crippen LogP contribution in [0.25, 0.3) is 16.7 Å². The number of amides is 1. The van der Waals surface area contributed by atoms with Crippen molar-refractivity contribution in [1.82, 2.24) is 20.3 Å². The highest BCUT2D eigenvalue weighted by Crippen LogP contribution is 2.31. The van der Waals surface area contributed by atoms with Crippen molar-refractivity contribution in [2.75, 3.05) is 23.3 Å². The highest BCUT2D eigenvalue weighted by atomic mass is 32.1. The minimum atomic E-state index is -0.527. The molecule has 1 aliphatic rings. The van der Waals surface area contributed by atoms with E-state index in [0.717, 1.165) is 49.1 Å². The summed E-state index contributed by atoms with van der Waals surface area (Å²) in [5, 5.41) is 26.8. The molecule has 1 saturated heterocycles. The molecule has 0 bridgehead atoms. The van der Waals surface area contributed by atoms with Crippen molar-refractivity contribution < 1.29 is 9.72 Å². The summed E-state index contributed by atoms with van der Waals surface area (Å²) in [5.41, 5.74) is 5.65. The Morgan fingerprint density at radius 3 is 2.33 bits per heavy atom. The summed E-state index contributed by atoms with van der Waals surface area (Å²) in [5.74, 6) is -0.0892. The highest BCUT2D eigenvalue weighted by molar-refractivity contribution is 7.80. The Morgan fingerprint density at radius 1 is 1.00 bits per heavy atom. The van der Waals surface area contributed by atoms with Crippen LogP contribution >= 0.6 is 12.2 Å². The summed E-state index contributed by atoms with van der Waals surface area (Å²) in [6.45, 7) is 7.74. The van der Waals surface area contributed by atoms with Crippen molar-refractivity contribution in [2.45, 2.75) is 46.0 Å². The molecule has 4 aromatic rings. The van der Waals surface area contributed by atoms with E-state index in [9.17, 15) is 14.9 Å². The zero-order chi connectivity index (χ0) is 28.4. The Balaban J connectivity index is 1.30. The maximum absolute atomic E-state index is 12.9. The van der Waals surface area contributed by atoms with Crippen LogP contribution in [0.5, 0.6) is 0 Å². The van der Waals surface area contributed by atoms with E-state index in [1.54, 1.807) is 16.9 Å². The van der Waals surface area contributed by atoms with E-state index in [1.807, 2.05) is 36.1 Å². The number of hydrogen-bond donors (Lipinski definition) is 2. The number of thiocarbonyl (C=S) groups is 1. The zero-order valence-electron chi connectivity index (χ0n) is 22.7. The molecule has 206 valence electrons. The average Bonchev–Trinajstić information content (AvgIpc) is 3.36. The molecule has 0 atom stereocenters. The van der Waals surface area contributed by atoms with Crippen molar-refractivity contribution in [3.63, 3.8) is 0 Å². The van der Waals surface area contributed by atoms with Gasteiger partial charge in [0.2, 0.25) is 0 Å². The maximum Gasteiger partial charge on any atom is 0.293 e. The molecule has 0 aliphatic carbocycles. The second kappa shape index (κ2) is 11.4. The first-order valence-corrected chi connectivity index (χ1v) is 13.7. The van der Waals surface area contributed by atoms with E-state index in [4.69, 9.17) is 12.2 Å². The van der Waals surface area contributed by atoms with Gasteiger partial charge in [0.05, 0.1) is 10.6 Å². The summed E-state index contributed by atoms with van der Waals surface area (Å²) < 4.78 is 0. The predicted molar refractivity (Wildman–Crippen MR) is 161 cm³/mol. The summed E-state index contributed by atoms with van der Waals surface area (Å²) in [4.78, 5) is 27.9. The van der Waals surface area contributed by atoms with Crippen LogP contribution in [-0.4, -0.2) is 44.0 Å². The molecule has 2 N–H and O–H groups in total. The molecule has 1 fully saturated rings. The molecule has 2 heterocycles. The number of fused-ring (bicyclic) bond motifs is 1. The van der Waals surface area contributed by atoms with Crippen molar-refractivity contribution in [2.24, 2.45) is 0 Å². The fraction of sp³-hybridized carbons (Fsp3) is 0.310. The van der Waals surface area contributed by atoms with Gasteiger partial charge >= 0.3 is 0 Å². The lowest BCUT2D eigenvalue weighted by Crippen LogP contribution is -2.34. The number of nitro groups is 1. The van der Waals surface area contributed by atoms with Gasteiger partial charge in [0.25, 0.3) is 11.6 Å². The zero-order valence-corrected chi connectivity index (χ0v) is 23.5. The van der Waals surface area contributed by atoms with Crippen molar-refractivity contribution in [3.8, 4) is 5.69 Å². The lowest BCUT2D eigenvalue weighted by molar-refractivity contribution is -0.384. The summed E-state index contributed by atoms with van der Waals surface area (Å²) in [6, 6.07) is 16.4. The molecule has 0 radical (unpaired) electrons. The normalized spacial score (nSPS) is 13.4. The van der Waals surface area contributed by atoms with Crippen LogP contribution in [0.3, 0.4) is 0 Å². The molecule has 1 aliphatic heterocycles. The van der Waals surface area contributed by atoms with Crippen LogP contribution in [0.1, 0.15) is 60.5 Å². The Labute approximate surface area is 237 Å². The van der Waals surface area contributed by atoms with Crippen LogP contribution in [-0.2, 0) is 0 Å². The summed E-state index contributed by atoms with van der Waals surface area (Å²) in [6.07, 6.45) is 3.10. The Hall–Kier alpha value is -4.38. The minimum Gasteiger partial charge on any atom is -0.366 e. The first-order valence-electron chi connectivity index (χ1n) is 13.3. The van der Waals surface area contributed by atoms with E-state index >= 15 is 0 Å². The number of anilines is 2. The van der Waals surface area contributed by atoms with E-state index in [1.165, 1.54) is 11.6 Å². The second-order valence-electron chi connectivity index (χ2n) is 10.3. The lowest BCUT2D eigenvalue weighted by Gasteiger charge is -2.28. The molecule has 1 aromatic heterocycles. The third-order valence-corrected chi connectivity index (χ3v) is 7.33. The van der Waals surface area contributed by atoms with Crippen LogP contribution in [0.15, 0.2) is 54.6 Å². The van der Waals surface area contributed by atoms with Gasteiger partial charge in [-0.1, -0.05) is 26.0 Å². The topological polar surface area (TPSA) is 118 Å². The van der Waals surface area contributed by atoms with Crippen LogP contribution in [0.2, 0.25) is 0 Å². The van der Waals surface area contributed by atoms with Crippen molar-refractivity contribution in [3.05, 3.63) is 81.4 Å². The molecular formula is C29H31N7O3S. The van der Waals surface area contributed by atoms with Gasteiger partial charge in [-0.3, -0.25) is 20.2 Å². The van der Waals surface area contributed by atoms with Gasteiger partial charge in [-0.15, -0.1) is 10.2 Å². The van der Waals surface area contributed by atoms with Gasteiger partial charge in [-0.25, -0.2) is 0 Å². The number of aromatic nitrogens is 3. The molecule has 0 spiro atoms. The van der Waals surface area contributed by atoms with E-state index < -0.39 is 10.8 Å². The van der Waals surface area contributed by atoms with Crippen molar-refractivity contribution in [1.29, 1.82) is 0 Å². The van der Waals surface area contributed by atoms with Crippen LogP contribution < -0.4 is 15.5 Å². The number of rotatable bonds is 6. The van der Waals surface area contributed by atoms with Crippen LogP contribution in [0, 0.1) is 17.0 Å². The van der Waals surface area contributed by atoms with Crippen molar-refractivity contribution >= 4 is 51.3 Å². The monoisotopic (exact) mass is 557 g/mol. The van der Waals surface area contributed by atoms with Gasteiger partial charge in [-0.05, 0) is 91.8 Å². The van der Waals surface area contributed by atoms with E-state index in [-0.39, 0.29) is 16.4 Å². The number of nitrogens with zero attached hydrogens (tertiary/aromatic N) is 5. The molecule has 0 unspecified atom stereocenters. The van der Waals surface area contributed by atoms with Gasteiger partial charge in [0.1, 0.15) is 16.7 Å². The number of benzene rings is 3. The molecular weight excluding hydrogens is 526 g/mol. The number of nitro benzene ring substituents is 1. The Morgan fingerprint density at radius 2 is 1.68 bits per heavy atom. The van der Waals surface area contributed by atoms with Crippen LogP contribution in [0.4, 0.5) is 17.1 Å². The number of piperidine rings is 1. The molecule has 3 aromatic carbocycles. The summed E-state index contributed by atoms with van der Waals surface area (Å²) >= 11 is 5.40. The van der Waals surface area contributed by atoms with E-state index in [2.05, 4.69) is 46.8 Å². The molecule has 5 rings (SSSR count). The fourth-order valence-corrected chi connectivity index (χ4v) is 5.06. The number of nitrogens with one attached hydrogen (secondary N) is 2. The third kappa shape index (κ3) is 5.79. The standard InChI is InChI=1S/C29H31N7O3S/c1-18(2)20-7-10-22(11-8-20)35-32-24-15-19(3)23(17-25(24)33-35)30-29(40)31-28(37)21-9-12-26(27(16-21)36(38)39)34-13-5-4-6-14-34/h7-12,15-18H,4-6,13-14H2,1-3H3,(H2,30,31,37,40). The second-order valence-corrected chi connectivity index (χ2v) is 10.7. The number of hydrogen-bond acceptors (Lipinski definition) is 7. The Bertz CT molecular complexity index is 1590. The Kier molecular flexibility index (Phi) is 7.74. The SMILES string of the molecule is Cc1cc2nn(-c3ccc(C(C)C)cc3)nc2cc1NC(=S)NC(=O)c1ccc(N2CCCCC2)c([N+](=O)[O-])c1. The predicted octanol–water partition coefficient (Wildman–Crippen LogP) is 5.88. The first-order chi connectivity index (χ1) is 19.2. The number of aryl methyl sites for hydroxylation is 1. The molecule has 0 saturated carbocycles. The fourth-order valence-electron chi connectivity index (χ4n) is 4.85. The molecule has 11 heteroatoms. The molecule has 1 amide bonds. The number of carbonyl (C=O) groups is 1. The van der Waals surface area contributed by atoms with Gasteiger partial charge in [-0.2, -0.15) is 4.80 Å². The maximum atomic E-state index is 12.9. The largest absolute Gasteiger partial charge is 0.366 e.